The van der Waals surface area contributed by atoms with Gasteiger partial charge in [-0.1, -0.05) is 70.1 Å². The van der Waals surface area contributed by atoms with Crippen LogP contribution in [0.1, 0.15) is 75.8 Å². The van der Waals surface area contributed by atoms with E-state index in [1.54, 1.807) is 12.1 Å². The standard InChI is InChI=1S/C18H29F2N/c1-2-3-4-5-6-7-8-9-13-21-15-16-11-10-12-17(14-16)18(19)20/h10-12,14,18,21H,2-9,13,15H2,1H3. The van der Waals surface area contributed by atoms with Crippen molar-refractivity contribution < 1.29 is 8.78 Å². The Morgan fingerprint density at radius 3 is 2.29 bits per heavy atom. The minimum atomic E-state index is -2.38. The van der Waals surface area contributed by atoms with Crippen molar-refractivity contribution in [3.05, 3.63) is 35.4 Å². The second-order valence-electron chi connectivity index (χ2n) is 5.70. The maximum atomic E-state index is 12.6. The third kappa shape index (κ3) is 8.82. The molecule has 0 fully saturated rings. The number of rotatable bonds is 12. The number of hydrogen-bond acceptors (Lipinski definition) is 1. The van der Waals surface area contributed by atoms with Crippen molar-refractivity contribution in [2.45, 2.75) is 71.3 Å². The van der Waals surface area contributed by atoms with Crippen LogP contribution in [-0.2, 0) is 6.54 Å². The fraction of sp³-hybridized carbons (Fsp3) is 0.667. The molecule has 0 saturated heterocycles. The second-order valence-corrected chi connectivity index (χ2v) is 5.70. The van der Waals surface area contributed by atoms with Crippen molar-refractivity contribution in [3.63, 3.8) is 0 Å². The van der Waals surface area contributed by atoms with E-state index in [1.807, 2.05) is 6.07 Å². The topological polar surface area (TPSA) is 12.0 Å². The third-order valence-corrected chi connectivity index (χ3v) is 3.74. The van der Waals surface area contributed by atoms with Crippen molar-refractivity contribution in [2.24, 2.45) is 0 Å². The fourth-order valence-electron chi connectivity index (χ4n) is 2.46. The predicted octanol–water partition coefficient (Wildman–Crippen LogP) is 5.85. The molecule has 120 valence electrons. The Morgan fingerprint density at radius 2 is 1.62 bits per heavy atom. The Kier molecular flexibility index (Phi) is 10.1. The lowest BCUT2D eigenvalue weighted by Crippen LogP contribution is -2.14. The molecule has 0 spiro atoms. The molecule has 1 N–H and O–H groups in total. The van der Waals surface area contributed by atoms with Crippen LogP contribution in [0.4, 0.5) is 8.78 Å². The molecule has 0 aliphatic carbocycles. The predicted molar refractivity (Wildman–Crippen MR) is 85.7 cm³/mol. The molecule has 0 aromatic heterocycles. The van der Waals surface area contributed by atoms with Crippen LogP contribution in [0.2, 0.25) is 0 Å². The molecule has 0 aliphatic heterocycles. The Morgan fingerprint density at radius 1 is 0.952 bits per heavy atom. The van der Waals surface area contributed by atoms with Crippen LogP contribution < -0.4 is 5.32 Å². The van der Waals surface area contributed by atoms with Crippen LogP contribution in [0.3, 0.4) is 0 Å². The summed E-state index contributed by atoms with van der Waals surface area (Å²) in [6.45, 7) is 3.88. The van der Waals surface area contributed by atoms with Gasteiger partial charge in [-0.2, -0.15) is 0 Å². The molecule has 0 aliphatic rings. The van der Waals surface area contributed by atoms with Gasteiger partial charge in [0, 0.05) is 12.1 Å². The van der Waals surface area contributed by atoms with Crippen LogP contribution in [0.5, 0.6) is 0 Å². The monoisotopic (exact) mass is 297 g/mol. The van der Waals surface area contributed by atoms with Crippen molar-refractivity contribution >= 4 is 0 Å². The Balaban J connectivity index is 2.00. The maximum absolute atomic E-state index is 12.6. The number of hydrogen-bond donors (Lipinski definition) is 1. The first kappa shape index (κ1) is 18.1. The third-order valence-electron chi connectivity index (χ3n) is 3.74. The molecule has 1 rings (SSSR count). The van der Waals surface area contributed by atoms with Gasteiger partial charge in [0.2, 0.25) is 0 Å². The zero-order chi connectivity index (χ0) is 15.3. The summed E-state index contributed by atoms with van der Waals surface area (Å²) in [6, 6.07) is 6.67. The van der Waals surface area contributed by atoms with E-state index in [2.05, 4.69) is 12.2 Å². The van der Waals surface area contributed by atoms with E-state index >= 15 is 0 Å². The number of nitrogens with one attached hydrogen (secondary N) is 1. The minimum absolute atomic E-state index is 0.112. The molecule has 0 saturated carbocycles. The Bertz CT molecular complexity index is 366. The number of alkyl halides is 2. The summed E-state index contributed by atoms with van der Waals surface area (Å²) >= 11 is 0. The first-order chi connectivity index (χ1) is 10.2. The van der Waals surface area contributed by atoms with Gasteiger partial charge in [-0.15, -0.1) is 0 Å². The highest BCUT2D eigenvalue weighted by molar-refractivity contribution is 5.24. The van der Waals surface area contributed by atoms with Gasteiger partial charge in [0.15, 0.2) is 0 Å². The van der Waals surface area contributed by atoms with E-state index in [0.29, 0.717) is 6.54 Å². The smallest absolute Gasteiger partial charge is 0.263 e. The molecule has 3 heteroatoms. The zero-order valence-corrected chi connectivity index (χ0v) is 13.2. The molecule has 0 amide bonds. The molecule has 0 radical (unpaired) electrons. The first-order valence-corrected chi connectivity index (χ1v) is 8.31. The minimum Gasteiger partial charge on any atom is -0.313 e. The van der Waals surface area contributed by atoms with Gasteiger partial charge in [-0.25, -0.2) is 8.78 Å². The summed E-state index contributed by atoms with van der Waals surface area (Å²) < 4.78 is 25.1. The van der Waals surface area contributed by atoms with E-state index in [0.717, 1.165) is 12.1 Å². The van der Waals surface area contributed by atoms with Gasteiger partial charge in [-0.3, -0.25) is 0 Å². The molecule has 1 nitrogen and oxygen atoms in total. The Labute approximate surface area is 128 Å². The van der Waals surface area contributed by atoms with Crippen molar-refractivity contribution in [2.75, 3.05) is 6.54 Å². The highest BCUT2D eigenvalue weighted by Gasteiger charge is 2.06. The quantitative estimate of drug-likeness (QED) is 0.477. The van der Waals surface area contributed by atoms with Crippen molar-refractivity contribution in [1.82, 2.24) is 5.32 Å². The summed E-state index contributed by atoms with van der Waals surface area (Å²) in [6.07, 6.45) is 8.10. The highest BCUT2D eigenvalue weighted by Crippen LogP contribution is 2.19. The summed E-state index contributed by atoms with van der Waals surface area (Å²) in [5, 5.41) is 3.33. The van der Waals surface area contributed by atoms with Gasteiger partial charge < -0.3 is 5.32 Å². The SMILES string of the molecule is CCCCCCCCCCNCc1cccc(C(F)F)c1. The first-order valence-electron chi connectivity index (χ1n) is 8.31. The van der Waals surface area contributed by atoms with Gasteiger partial charge in [0.05, 0.1) is 0 Å². The molecular weight excluding hydrogens is 268 g/mol. The molecule has 0 heterocycles. The number of unbranched alkanes of at least 4 members (excludes halogenated alkanes) is 7. The summed E-state index contributed by atoms with van der Waals surface area (Å²) in [7, 11) is 0. The van der Waals surface area contributed by atoms with Crippen molar-refractivity contribution in [1.29, 1.82) is 0 Å². The molecule has 1 aromatic rings. The molecular formula is C18H29F2N. The summed E-state index contributed by atoms with van der Waals surface area (Å²) in [5.74, 6) is 0. The zero-order valence-electron chi connectivity index (χ0n) is 13.2. The second kappa shape index (κ2) is 11.7. The largest absolute Gasteiger partial charge is 0.313 e. The highest BCUT2D eigenvalue weighted by atomic mass is 19.3. The van der Waals surface area contributed by atoms with E-state index in [-0.39, 0.29) is 5.56 Å². The molecule has 0 unspecified atom stereocenters. The molecule has 0 atom stereocenters. The van der Waals surface area contributed by atoms with Crippen molar-refractivity contribution in [3.8, 4) is 0 Å². The van der Waals surface area contributed by atoms with E-state index < -0.39 is 6.43 Å². The van der Waals surface area contributed by atoms with Gasteiger partial charge in [-0.05, 0) is 24.6 Å². The van der Waals surface area contributed by atoms with Crippen LogP contribution >= 0.6 is 0 Å². The van der Waals surface area contributed by atoms with Gasteiger partial charge in [0.1, 0.15) is 0 Å². The average Bonchev–Trinajstić information content (AvgIpc) is 2.49. The van der Waals surface area contributed by atoms with E-state index in [9.17, 15) is 8.78 Å². The van der Waals surface area contributed by atoms with E-state index in [4.69, 9.17) is 0 Å². The molecule has 0 bridgehead atoms. The lowest BCUT2D eigenvalue weighted by molar-refractivity contribution is 0.151. The average molecular weight is 297 g/mol. The van der Waals surface area contributed by atoms with Crippen LogP contribution in [0, 0.1) is 0 Å². The fourth-order valence-corrected chi connectivity index (χ4v) is 2.46. The summed E-state index contributed by atoms with van der Waals surface area (Å²) in [5.41, 5.74) is 1.05. The van der Waals surface area contributed by atoms with Crippen LogP contribution in [0.15, 0.2) is 24.3 Å². The van der Waals surface area contributed by atoms with Crippen LogP contribution in [-0.4, -0.2) is 6.54 Å². The number of benzene rings is 1. The Hall–Kier alpha value is -0.960. The van der Waals surface area contributed by atoms with E-state index in [1.165, 1.54) is 57.4 Å². The maximum Gasteiger partial charge on any atom is 0.263 e. The van der Waals surface area contributed by atoms with Crippen LogP contribution in [0.25, 0.3) is 0 Å². The lowest BCUT2D eigenvalue weighted by Gasteiger charge is -2.07. The van der Waals surface area contributed by atoms with Gasteiger partial charge >= 0.3 is 0 Å². The van der Waals surface area contributed by atoms with Gasteiger partial charge in [0.25, 0.3) is 6.43 Å². The lowest BCUT2D eigenvalue weighted by atomic mass is 10.1. The summed E-state index contributed by atoms with van der Waals surface area (Å²) in [4.78, 5) is 0. The number of halogens is 2. The normalized spacial score (nSPS) is 11.2. The molecule has 1 aromatic carbocycles. The molecule has 21 heavy (non-hydrogen) atoms.